The van der Waals surface area contributed by atoms with E-state index in [1.54, 1.807) is 6.92 Å². The highest BCUT2D eigenvalue weighted by Crippen LogP contribution is 2.21. The van der Waals surface area contributed by atoms with Gasteiger partial charge in [0.05, 0.1) is 12.5 Å². The summed E-state index contributed by atoms with van der Waals surface area (Å²) in [5.74, 6) is -0.773. The van der Waals surface area contributed by atoms with E-state index in [0.29, 0.717) is 26.1 Å². The molecule has 0 aromatic rings. The Kier molecular flexibility index (Phi) is 5.62. The Balaban J connectivity index is 2.65. The van der Waals surface area contributed by atoms with E-state index in [2.05, 4.69) is 0 Å². The summed E-state index contributed by atoms with van der Waals surface area (Å²) in [7, 11) is 0. The molecule has 0 aromatic heterocycles. The molecule has 0 saturated carbocycles. The SMILES string of the molecule is CCOC(=O)C(CC=C(C)C)CC1=CC(=O)OC1. The minimum atomic E-state index is -0.324. The fourth-order valence-electron chi connectivity index (χ4n) is 1.75. The van der Waals surface area contributed by atoms with Gasteiger partial charge in [0, 0.05) is 6.08 Å². The van der Waals surface area contributed by atoms with Crippen molar-refractivity contribution in [3.05, 3.63) is 23.3 Å². The fourth-order valence-corrected chi connectivity index (χ4v) is 1.75. The molecule has 0 bridgehead atoms. The highest BCUT2D eigenvalue weighted by atomic mass is 16.5. The Hall–Kier alpha value is -1.58. The van der Waals surface area contributed by atoms with Gasteiger partial charge in [-0.25, -0.2) is 4.79 Å². The summed E-state index contributed by atoms with van der Waals surface area (Å²) in [6.45, 7) is 6.44. The van der Waals surface area contributed by atoms with E-state index in [9.17, 15) is 9.59 Å². The van der Waals surface area contributed by atoms with E-state index in [1.165, 1.54) is 6.08 Å². The van der Waals surface area contributed by atoms with Crippen LogP contribution in [0.4, 0.5) is 0 Å². The zero-order chi connectivity index (χ0) is 13.5. The third kappa shape index (κ3) is 4.73. The first-order chi connectivity index (χ1) is 8.52. The van der Waals surface area contributed by atoms with E-state index < -0.39 is 0 Å². The number of allylic oxidation sites excluding steroid dienone is 2. The van der Waals surface area contributed by atoms with Gasteiger partial charge >= 0.3 is 11.9 Å². The van der Waals surface area contributed by atoms with Gasteiger partial charge < -0.3 is 9.47 Å². The standard InChI is InChI=1S/C14H20O4/c1-4-17-14(16)12(6-5-10(2)3)7-11-8-13(15)18-9-11/h5,8,12H,4,6-7,9H2,1-3H3. The molecule has 0 fully saturated rings. The van der Waals surface area contributed by atoms with Crippen LogP contribution in [-0.2, 0) is 19.1 Å². The number of carbonyl (C=O) groups excluding carboxylic acids is 2. The summed E-state index contributed by atoms with van der Waals surface area (Å²) in [6, 6.07) is 0. The molecule has 1 rings (SSSR count). The average molecular weight is 252 g/mol. The van der Waals surface area contributed by atoms with Crippen LogP contribution in [0.25, 0.3) is 0 Å². The van der Waals surface area contributed by atoms with Gasteiger partial charge in [-0.15, -0.1) is 0 Å². The smallest absolute Gasteiger partial charge is 0.331 e. The molecule has 1 unspecified atom stereocenters. The van der Waals surface area contributed by atoms with Crippen LogP contribution in [0.1, 0.15) is 33.6 Å². The van der Waals surface area contributed by atoms with Crippen LogP contribution in [0, 0.1) is 5.92 Å². The average Bonchev–Trinajstić information content (AvgIpc) is 2.70. The second-order valence-electron chi connectivity index (χ2n) is 4.58. The number of hydrogen-bond donors (Lipinski definition) is 0. The minimum absolute atomic E-state index is 0.213. The van der Waals surface area contributed by atoms with Crippen molar-refractivity contribution in [2.24, 2.45) is 5.92 Å². The molecule has 1 aliphatic heterocycles. The van der Waals surface area contributed by atoms with Gasteiger partial charge in [0.2, 0.25) is 0 Å². The van der Waals surface area contributed by atoms with Gasteiger partial charge in [0.15, 0.2) is 0 Å². The maximum atomic E-state index is 11.8. The zero-order valence-corrected chi connectivity index (χ0v) is 11.2. The highest BCUT2D eigenvalue weighted by molar-refractivity contribution is 5.85. The number of ether oxygens (including phenoxy) is 2. The monoisotopic (exact) mass is 252 g/mol. The second kappa shape index (κ2) is 6.99. The van der Waals surface area contributed by atoms with E-state index in [0.717, 1.165) is 11.1 Å². The molecule has 1 atom stereocenters. The summed E-state index contributed by atoms with van der Waals surface area (Å²) in [4.78, 5) is 22.8. The zero-order valence-electron chi connectivity index (χ0n) is 11.2. The molecular formula is C14H20O4. The number of esters is 2. The van der Waals surface area contributed by atoms with Crippen molar-refractivity contribution >= 4 is 11.9 Å². The van der Waals surface area contributed by atoms with Crippen LogP contribution >= 0.6 is 0 Å². The normalized spacial score (nSPS) is 15.7. The molecule has 0 radical (unpaired) electrons. The summed E-state index contributed by atoms with van der Waals surface area (Å²) < 4.78 is 9.88. The first-order valence-electron chi connectivity index (χ1n) is 6.19. The first-order valence-corrected chi connectivity index (χ1v) is 6.19. The summed E-state index contributed by atoms with van der Waals surface area (Å²) in [6.07, 6.45) is 4.63. The number of hydrogen-bond acceptors (Lipinski definition) is 4. The maximum Gasteiger partial charge on any atom is 0.331 e. The molecule has 18 heavy (non-hydrogen) atoms. The largest absolute Gasteiger partial charge is 0.466 e. The molecule has 1 heterocycles. The van der Waals surface area contributed by atoms with Crippen LogP contribution in [0.15, 0.2) is 23.3 Å². The van der Waals surface area contributed by atoms with Crippen molar-refractivity contribution in [2.75, 3.05) is 13.2 Å². The predicted molar refractivity (Wildman–Crippen MR) is 67.8 cm³/mol. The Morgan fingerprint density at radius 2 is 2.28 bits per heavy atom. The lowest BCUT2D eigenvalue weighted by Crippen LogP contribution is -2.18. The van der Waals surface area contributed by atoms with E-state index in [4.69, 9.17) is 9.47 Å². The summed E-state index contributed by atoms with van der Waals surface area (Å²) in [5.41, 5.74) is 2.03. The van der Waals surface area contributed by atoms with Crippen LogP contribution in [0.3, 0.4) is 0 Å². The number of cyclic esters (lactones) is 1. The van der Waals surface area contributed by atoms with E-state index >= 15 is 0 Å². The van der Waals surface area contributed by atoms with Crippen molar-refractivity contribution < 1.29 is 19.1 Å². The van der Waals surface area contributed by atoms with E-state index in [-0.39, 0.29) is 17.9 Å². The Labute approximate surface area is 108 Å². The Morgan fingerprint density at radius 3 is 2.78 bits per heavy atom. The Morgan fingerprint density at radius 1 is 1.56 bits per heavy atom. The molecule has 0 saturated heterocycles. The third-order valence-corrected chi connectivity index (χ3v) is 2.66. The van der Waals surface area contributed by atoms with Gasteiger partial charge in [-0.3, -0.25) is 4.79 Å². The summed E-state index contributed by atoms with van der Waals surface area (Å²) in [5, 5.41) is 0. The van der Waals surface area contributed by atoms with Crippen molar-refractivity contribution in [1.82, 2.24) is 0 Å². The van der Waals surface area contributed by atoms with Gasteiger partial charge in [0.25, 0.3) is 0 Å². The van der Waals surface area contributed by atoms with Gasteiger partial charge in [-0.2, -0.15) is 0 Å². The highest BCUT2D eigenvalue weighted by Gasteiger charge is 2.23. The van der Waals surface area contributed by atoms with Gasteiger partial charge in [0.1, 0.15) is 6.61 Å². The molecule has 0 amide bonds. The lowest BCUT2D eigenvalue weighted by Gasteiger charge is -2.14. The Bertz CT molecular complexity index is 375. The second-order valence-corrected chi connectivity index (χ2v) is 4.58. The topological polar surface area (TPSA) is 52.6 Å². The van der Waals surface area contributed by atoms with Crippen LogP contribution < -0.4 is 0 Å². The quantitative estimate of drug-likeness (QED) is 0.538. The molecule has 4 nitrogen and oxygen atoms in total. The lowest BCUT2D eigenvalue weighted by molar-refractivity contribution is -0.147. The van der Waals surface area contributed by atoms with Crippen LogP contribution in [0.2, 0.25) is 0 Å². The molecule has 4 heteroatoms. The van der Waals surface area contributed by atoms with Crippen molar-refractivity contribution in [2.45, 2.75) is 33.6 Å². The van der Waals surface area contributed by atoms with Crippen molar-refractivity contribution in [3.8, 4) is 0 Å². The predicted octanol–water partition coefficient (Wildman–Crippen LogP) is 2.40. The molecule has 0 aliphatic carbocycles. The van der Waals surface area contributed by atoms with Gasteiger partial charge in [-0.1, -0.05) is 11.6 Å². The molecule has 1 aliphatic rings. The minimum Gasteiger partial charge on any atom is -0.466 e. The number of carbonyl (C=O) groups is 2. The number of rotatable bonds is 6. The van der Waals surface area contributed by atoms with Crippen LogP contribution in [0.5, 0.6) is 0 Å². The van der Waals surface area contributed by atoms with Gasteiger partial charge in [-0.05, 0) is 39.2 Å². The van der Waals surface area contributed by atoms with Crippen molar-refractivity contribution in [1.29, 1.82) is 0 Å². The molecule has 0 N–H and O–H groups in total. The lowest BCUT2D eigenvalue weighted by atomic mass is 9.95. The van der Waals surface area contributed by atoms with Crippen molar-refractivity contribution in [3.63, 3.8) is 0 Å². The fraction of sp³-hybridized carbons (Fsp3) is 0.571. The first kappa shape index (κ1) is 14.5. The molecule has 0 spiro atoms. The third-order valence-electron chi connectivity index (χ3n) is 2.66. The van der Waals surface area contributed by atoms with Crippen LogP contribution in [-0.4, -0.2) is 25.2 Å². The molecule has 0 aromatic carbocycles. The molecular weight excluding hydrogens is 232 g/mol. The summed E-state index contributed by atoms with van der Waals surface area (Å²) >= 11 is 0. The maximum absolute atomic E-state index is 11.8. The van der Waals surface area contributed by atoms with E-state index in [1.807, 2.05) is 19.9 Å². The molecule has 100 valence electrons.